The molecule has 0 saturated carbocycles. The maximum atomic E-state index is 11.7. The molecule has 0 aliphatic heterocycles. The Morgan fingerprint density at radius 2 is 2.11 bits per heavy atom. The Morgan fingerprint density at radius 3 is 2.78 bits per heavy atom. The van der Waals surface area contributed by atoms with Crippen LogP contribution in [0, 0.1) is 0 Å². The molecule has 0 saturated heterocycles. The highest BCUT2D eigenvalue weighted by molar-refractivity contribution is 6.37. The summed E-state index contributed by atoms with van der Waals surface area (Å²) < 4.78 is 4.71. The van der Waals surface area contributed by atoms with Crippen molar-refractivity contribution in [3.05, 3.63) is 33.9 Å². The summed E-state index contributed by atoms with van der Waals surface area (Å²) in [5.41, 5.74) is 0.557. The zero-order valence-corrected chi connectivity index (χ0v) is 11.6. The van der Waals surface area contributed by atoms with E-state index >= 15 is 0 Å². The molecule has 0 amide bonds. The average molecular weight is 289 g/mol. The molecule has 0 N–H and O–H groups in total. The highest BCUT2D eigenvalue weighted by atomic mass is 35.5. The van der Waals surface area contributed by atoms with Crippen LogP contribution >= 0.6 is 23.2 Å². The number of hydrogen-bond acceptors (Lipinski definition) is 3. The molecule has 0 aromatic heterocycles. The van der Waals surface area contributed by atoms with Gasteiger partial charge in [0, 0.05) is 16.5 Å². The summed E-state index contributed by atoms with van der Waals surface area (Å²) in [4.78, 5) is 22.9. The van der Waals surface area contributed by atoms with Crippen molar-refractivity contribution in [2.45, 2.75) is 26.2 Å². The van der Waals surface area contributed by atoms with Gasteiger partial charge in [-0.1, -0.05) is 35.4 Å². The predicted octanol–water partition coefficient (Wildman–Crippen LogP) is 3.47. The third kappa shape index (κ3) is 4.67. The van der Waals surface area contributed by atoms with E-state index in [9.17, 15) is 9.59 Å². The van der Waals surface area contributed by atoms with Gasteiger partial charge in [0.2, 0.25) is 0 Å². The van der Waals surface area contributed by atoms with Crippen molar-refractivity contribution >= 4 is 35.0 Å². The Labute approximate surface area is 116 Å². The Balaban J connectivity index is 2.68. The first kappa shape index (κ1) is 15.0. The fourth-order valence-electron chi connectivity index (χ4n) is 1.48. The molecule has 98 valence electrons. The van der Waals surface area contributed by atoms with Gasteiger partial charge in [0.25, 0.3) is 0 Å². The van der Waals surface area contributed by atoms with Gasteiger partial charge in [-0.15, -0.1) is 0 Å². The summed E-state index contributed by atoms with van der Waals surface area (Å²) in [5, 5.41) is 0.896. The smallest absolute Gasteiger partial charge is 0.313 e. The van der Waals surface area contributed by atoms with Crippen molar-refractivity contribution in [1.82, 2.24) is 0 Å². The van der Waals surface area contributed by atoms with E-state index in [2.05, 4.69) is 0 Å². The van der Waals surface area contributed by atoms with Crippen LogP contribution < -0.4 is 0 Å². The number of esters is 1. The first-order chi connectivity index (χ1) is 8.54. The molecule has 0 spiro atoms. The number of Topliss-reactive ketones (excluding diaryl/α,β-unsaturated/α-hetero) is 1. The summed E-state index contributed by atoms with van der Waals surface area (Å²) in [5.74, 6) is -0.785. The van der Waals surface area contributed by atoms with Gasteiger partial charge in [0.1, 0.15) is 12.2 Å². The lowest BCUT2D eigenvalue weighted by Crippen LogP contribution is -2.12. The molecule has 0 atom stereocenters. The fraction of sp³-hybridized carbons (Fsp3) is 0.385. The van der Waals surface area contributed by atoms with Crippen LogP contribution in [0.3, 0.4) is 0 Å². The molecular weight excluding hydrogens is 275 g/mol. The Kier molecular flexibility index (Phi) is 6.16. The van der Waals surface area contributed by atoms with Gasteiger partial charge in [0.15, 0.2) is 0 Å². The molecule has 0 bridgehead atoms. The minimum atomic E-state index is -0.525. The highest BCUT2D eigenvalue weighted by Gasteiger charge is 2.16. The number of ketones is 1. The quantitative estimate of drug-likeness (QED) is 0.575. The summed E-state index contributed by atoms with van der Waals surface area (Å²) in [6.45, 7) is 1.95. The third-order valence-electron chi connectivity index (χ3n) is 2.29. The first-order valence-corrected chi connectivity index (χ1v) is 6.38. The minimum Gasteiger partial charge on any atom is -0.466 e. The van der Waals surface area contributed by atoms with Crippen LogP contribution in [0.4, 0.5) is 0 Å². The second kappa shape index (κ2) is 7.39. The van der Waals surface area contributed by atoms with Crippen molar-refractivity contribution in [3.63, 3.8) is 0 Å². The van der Waals surface area contributed by atoms with E-state index in [0.29, 0.717) is 22.1 Å². The lowest BCUT2D eigenvalue weighted by atomic mass is 10.1. The van der Waals surface area contributed by atoms with E-state index in [-0.39, 0.29) is 25.2 Å². The fourth-order valence-corrected chi connectivity index (χ4v) is 2.05. The summed E-state index contributed by atoms with van der Waals surface area (Å²) in [7, 11) is 0. The van der Waals surface area contributed by atoms with E-state index in [1.165, 1.54) is 0 Å². The second-order valence-electron chi connectivity index (χ2n) is 3.71. The Bertz CT molecular complexity index is 434. The number of halogens is 2. The number of carbonyl (C=O) groups excluding carboxylic acids is 2. The third-order valence-corrected chi connectivity index (χ3v) is 3.03. The van der Waals surface area contributed by atoms with Crippen molar-refractivity contribution < 1.29 is 14.3 Å². The molecule has 0 heterocycles. The molecule has 0 aromatic rings. The van der Waals surface area contributed by atoms with Gasteiger partial charge < -0.3 is 4.74 Å². The second-order valence-corrected chi connectivity index (χ2v) is 4.53. The molecule has 1 rings (SSSR count). The number of rotatable bonds is 5. The molecule has 5 heteroatoms. The van der Waals surface area contributed by atoms with Crippen LogP contribution in [0.25, 0.3) is 0 Å². The van der Waals surface area contributed by atoms with E-state index in [0.717, 1.165) is 0 Å². The lowest BCUT2D eigenvalue weighted by Gasteiger charge is -2.06. The van der Waals surface area contributed by atoms with E-state index in [4.69, 9.17) is 27.9 Å². The predicted molar refractivity (Wildman–Crippen MR) is 71.4 cm³/mol. The van der Waals surface area contributed by atoms with Crippen LogP contribution in [0.1, 0.15) is 26.2 Å². The molecule has 0 aromatic carbocycles. The number of ether oxygens (including phenoxy) is 1. The van der Waals surface area contributed by atoms with E-state index < -0.39 is 5.97 Å². The van der Waals surface area contributed by atoms with Crippen LogP contribution in [0.15, 0.2) is 33.9 Å². The van der Waals surface area contributed by atoms with Crippen molar-refractivity contribution in [2.75, 3.05) is 6.61 Å². The minimum absolute atomic E-state index is 0.0390. The number of carbonyl (C=O) groups is 2. The Hall–Kier alpha value is -1.06. The van der Waals surface area contributed by atoms with Gasteiger partial charge in [-0.2, -0.15) is 0 Å². The number of allylic oxidation sites excluding steroid dienone is 6. The van der Waals surface area contributed by atoms with E-state index in [1.807, 2.05) is 6.08 Å². The van der Waals surface area contributed by atoms with Gasteiger partial charge in [-0.05, 0) is 25.0 Å². The largest absolute Gasteiger partial charge is 0.466 e. The summed E-state index contributed by atoms with van der Waals surface area (Å²) in [6.07, 6.45) is 5.80. The zero-order chi connectivity index (χ0) is 13.5. The van der Waals surface area contributed by atoms with Crippen LogP contribution in [0.5, 0.6) is 0 Å². The van der Waals surface area contributed by atoms with Gasteiger partial charge in [-0.25, -0.2) is 0 Å². The molecule has 18 heavy (non-hydrogen) atoms. The van der Waals surface area contributed by atoms with Crippen LogP contribution in [0.2, 0.25) is 0 Å². The average Bonchev–Trinajstić information content (AvgIpc) is 2.44. The zero-order valence-electron chi connectivity index (χ0n) is 10.0. The molecular formula is C13H14Cl2O3. The SMILES string of the molecule is CCOC(=O)CC(=O)CC1=C(Cl)C=CCC=C1Cl. The van der Waals surface area contributed by atoms with Crippen molar-refractivity contribution in [1.29, 1.82) is 0 Å². The first-order valence-electron chi connectivity index (χ1n) is 5.63. The monoisotopic (exact) mass is 288 g/mol. The Morgan fingerprint density at radius 1 is 1.39 bits per heavy atom. The maximum absolute atomic E-state index is 11.7. The van der Waals surface area contributed by atoms with Crippen molar-refractivity contribution in [3.8, 4) is 0 Å². The molecule has 1 aliphatic carbocycles. The van der Waals surface area contributed by atoms with E-state index in [1.54, 1.807) is 19.1 Å². The van der Waals surface area contributed by atoms with Crippen LogP contribution in [-0.2, 0) is 14.3 Å². The molecule has 0 radical (unpaired) electrons. The van der Waals surface area contributed by atoms with Gasteiger partial charge in [-0.3, -0.25) is 9.59 Å². The van der Waals surface area contributed by atoms with Crippen LogP contribution in [-0.4, -0.2) is 18.4 Å². The number of hydrogen-bond donors (Lipinski definition) is 0. The van der Waals surface area contributed by atoms with Gasteiger partial charge in [0.05, 0.1) is 6.61 Å². The van der Waals surface area contributed by atoms with Gasteiger partial charge >= 0.3 is 5.97 Å². The topological polar surface area (TPSA) is 43.4 Å². The summed E-state index contributed by atoms with van der Waals surface area (Å²) >= 11 is 12.1. The lowest BCUT2D eigenvalue weighted by molar-refractivity contribution is -0.145. The highest BCUT2D eigenvalue weighted by Crippen LogP contribution is 2.28. The van der Waals surface area contributed by atoms with Crippen molar-refractivity contribution in [2.24, 2.45) is 0 Å². The molecule has 3 nitrogen and oxygen atoms in total. The molecule has 0 unspecified atom stereocenters. The summed E-state index contributed by atoms with van der Waals surface area (Å²) in [6, 6.07) is 0. The normalized spacial score (nSPS) is 15.2. The molecule has 1 aliphatic rings. The molecule has 0 fully saturated rings. The standard InChI is InChI=1S/C13H14Cl2O3/c1-2-18-13(17)8-9(16)7-10-11(14)5-3-4-6-12(10)15/h3,5-6H,2,4,7-8H2,1H3. The maximum Gasteiger partial charge on any atom is 0.313 e.